The minimum atomic E-state index is -1.08. The molecule has 7 heteroatoms. The van der Waals surface area contributed by atoms with E-state index in [1.54, 1.807) is 11.9 Å². The fourth-order valence-electron chi connectivity index (χ4n) is 2.65. The first kappa shape index (κ1) is 13.7. The van der Waals surface area contributed by atoms with Gasteiger partial charge in [-0.05, 0) is 12.0 Å². The van der Waals surface area contributed by atoms with E-state index in [0.29, 0.717) is 25.2 Å². The summed E-state index contributed by atoms with van der Waals surface area (Å²) in [7, 11) is 1.72. The van der Waals surface area contributed by atoms with Gasteiger partial charge in [0.05, 0.1) is 10.9 Å². The number of amides is 1. The van der Waals surface area contributed by atoms with Crippen molar-refractivity contribution in [2.45, 2.75) is 12.8 Å². The van der Waals surface area contributed by atoms with Gasteiger partial charge in [-0.1, -0.05) is 0 Å². The van der Waals surface area contributed by atoms with Crippen LogP contribution in [0, 0.1) is 17.6 Å². The number of likely N-dealkylation sites (tertiary alicyclic amines) is 1. The quantitative estimate of drug-likeness (QED) is 0.905. The van der Waals surface area contributed by atoms with E-state index in [2.05, 4.69) is 9.97 Å². The van der Waals surface area contributed by atoms with Crippen molar-refractivity contribution in [2.75, 3.05) is 13.6 Å². The molecule has 1 amide bonds. The number of carbonyl (C=O) groups excluding carboxylic acids is 1. The number of carbonyl (C=O) groups is 1. The smallest absolute Gasteiger partial charge is 0.258 e. The molecule has 1 aliphatic heterocycles. The molecule has 110 valence electrons. The lowest BCUT2D eigenvalue weighted by atomic mass is 10.0. The Kier molecular flexibility index (Phi) is 3.19. The maximum Gasteiger partial charge on any atom is 0.258 e. The second-order valence-electron chi connectivity index (χ2n) is 5.34. The SMILES string of the molecule is CN1CC(Cc2nc3cc(F)c(F)cc3c(=O)[nH]2)CC1=O. The van der Waals surface area contributed by atoms with Crippen molar-refractivity contribution < 1.29 is 13.6 Å². The van der Waals surface area contributed by atoms with Crippen LogP contribution in [0.25, 0.3) is 10.9 Å². The van der Waals surface area contributed by atoms with Crippen LogP contribution in [0.15, 0.2) is 16.9 Å². The average molecular weight is 293 g/mol. The van der Waals surface area contributed by atoms with E-state index in [1.165, 1.54) is 0 Å². The number of halogens is 2. The Morgan fingerprint density at radius 2 is 2.05 bits per heavy atom. The van der Waals surface area contributed by atoms with Crippen LogP contribution in [0.1, 0.15) is 12.2 Å². The normalized spacial score (nSPS) is 18.7. The lowest BCUT2D eigenvalue weighted by molar-refractivity contribution is -0.126. The summed E-state index contributed by atoms with van der Waals surface area (Å²) in [5, 5.41) is 0.0114. The van der Waals surface area contributed by atoms with Crippen LogP contribution >= 0.6 is 0 Å². The summed E-state index contributed by atoms with van der Waals surface area (Å²) in [6, 6.07) is 1.75. The highest BCUT2D eigenvalue weighted by molar-refractivity contribution is 5.78. The van der Waals surface area contributed by atoms with Crippen molar-refractivity contribution in [3.63, 3.8) is 0 Å². The number of H-pyrrole nitrogens is 1. The Morgan fingerprint density at radius 3 is 2.71 bits per heavy atom. The summed E-state index contributed by atoms with van der Waals surface area (Å²) in [4.78, 5) is 31.7. The van der Waals surface area contributed by atoms with Crippen molar-refractivity contribution in [3.8, 4) is 0 Å². The van der Waals surface area contributed by atoms with E-state index in [1.807, 2.05) is 0 Å². The van der Waals surface area contributed by atoms with Crippen molar-refractivity contribution in [1.29, 1.82) is 0 Å². The van der Waals surface area contributed by atoms with Gasteiger partial charge in [-0.2, -0.15) is 0 Å². The van der Waals surface area contributed by atoms with Crippen molar-refractivity contribution in [1.82, 2.24) is 14.9 Å². The lowest BCUT2D eigenvalue weighted by Gasteiger charge is -2.10. The average Bonchev–Trinajstić information content (AvgIpc) is 2.71. The molecule has 0 radical (unpaired) electrons. The highest BCUT2D eigenvalue weighted by Crippen LogP contribution is 2.20. The first-order valence-corrected chi connectivity index (χ1v) is 6.56. The first-order valence-electron chi connectivity index (χ1n) is 6.56. The molecule has 1 N–H and O–H groups in total. The third kappa shape index (κ3) is 2.51. The molecule has 5 nitrogen and oxygen atoms in total. The zero-order valence-corrected chi connectivity index (χ0v) is 11.3. The molecule has 1 fully saturated rings. The Bertz CT molecular complexity index is 788. The summed E-state index contributed by atoms with van der Waals surface area (Å²) < 4.78 is 26.4. The largest absolute Gasteiger partial charge is 0.345 e. The molecule has 1 aliphatic rings. The van der Waals surface area contributed by atoms with Crippen LogP contribution in [0.4, 0.5) is 8.78 Å². The highest BCUT2D eigenvalue weighted by Gasteiger charge is 2.27. The van der Waals surface area contributed by atoms with Gasteiger partial charge in [-0.3, -0.25) is 9.59 Å². The van der Waals surface area contributed by atoms with Gasteiger partial charge in [0.15, 0.2) is 11.6 Å². The number of benzene rings is 1. The van der Waals surface area contributed by atoms with Gasteiger partial charge < -0.3 is 9.88 Å². The van der Waals surface area contributed by atoms with E-state index in [4.69, 9.17) is 0 Å². The number of rotatable bonds is 2. The monoisotopic (exact) mass is 293 g/mol. The first-order chi connectivity index (χ1) is 9.94. The van der Waals surface area contributed by atoms with E-state index < -0.39 is 17.2 Å². The van der Waals surface area contributed by atoms with Gasteiger partial charge in [-0.25, -0.2) is 13.8 Å². The molecule has 1 saturated heterocycles. The molecule has 0 bridgehead atoms. The molecule has 2 aromatic rings. The van der Waals surface area contributed by atoms with Crippen molar-refractivity contribution >= 4 is 16.8 Å². The third-order valence-corrected chi connectivity index (χ3v) is 3.70. The van der Waals surface area contributed by atoms with Gasteiger partial charge in [0, 0.05) is 32.5 Å². The fraction of sp³-hybridized carbons (Fsp3) is 0.357. The molecule has 3 rings (SSSR count). The summed E-state index contributed by atoms with van der Waals surface area (Å²) >= 11 is 0. The number of hydrogen-bond acceptors (Lipinski definition) is 3. The van der Waals surface area contributed by atoms with E-state index in [-0.39, 0.29) is 22.7 Å². The molecular weight excluding hydrogens is 280 g/mol. The molecule has 1 aromatic carbocycles. The van der Waals surface area contributed by atoms with E-state index in [9.17, 15) is 18.4 Å². The summed E-state index contributed by atoms with van der Waals surface area (Å²) in [5.74, 6) is -1.62. The maximum absolute atomic E-state index is 13.2. The van der Waals surface area contributed by atoms with Crippen LogP contribution in [-0.4, -0.2) is 34.4 Å². The van der Waals surface area contributed by atoms with Crippen LogP contribution < -0.4 is 5.56 Å². The summed E-state index contributed by atoms with van der Waals surface area (Å²) in [5.41, 5.74) is -0.392. The Balaban J connectivity index is 1.95. The minimum Gasteiger partial charge on any atom is -0.345 e. The Hall–Kier alpha value is -2.31. The van der Waals surface area contributed by atoms with Gasteiger partial charge in [-0.15, -0.1) is 0 Å². The number of hydrogen-bond donors (Lipinski definition) is 1. The van der Waals surface area contributed by atoms with Crippen LogP contribution in [0.5, 0.6) is 0 Å². The van der Waals surface area contributed by atoms with Crippen LogP contribution in [0.3, 0.4) is 0 Å². The van der Waals surface area contributed by atoms with Gasteiger partial charge >= 0.3 is 0 Å². The number of nitrogens with zero attached hydrogens (tertiary/aromatic N) is 2. The van der Waals surface area contributed by atoms with Crippen molar-refractivity contribution in [2.24, 2.45) is 5.92 Å². The molecule has 1 aromatic heterocycles. The second kappa shape index (κ2) is 4.91. The van der Waals surface area contributed by atoms with Crippen molar-refractivity contribution in [3.05, 3.63) is 39.9 Å². The van der Waals surface area contributed by atoms with E-state index in [0.717, 1.165) is 12.1 Å². The minimum absolute atomic E-state index is 0.0114. The molecule has 0 spiro atoms. The topological polar surface area (TPSA) is 66.1 Å². The number of nitrogens with one attached hydrogen (secondary N) is 1. The summed E-state index contributed by atoms with van der Waals surface area (Å²) in [6.07, 6.45) is 0.816. The molecule has 21 heavy (non-hydrogen) atoms. The number of aromatic amines is 1. The predicted octanol–water partition coefficient (Wildman–Crippen LogP) is 1.22. The van der Waals surface area contributed by atoms with Crippen LogP contribution in [-0.2, 0) is 11.2 Å². The van der Waals surface area contributed by atoms with Gasteiger partial charge in [0.1, 0.15) is 5.82 Å². The van der Waals surface area contributed by atoms with Gasteiger partial charge in [0.25, 0.3) is 5.56 Å². The maximum atomic E-state index is 13.2. The molecule has 2 heterocycles. The molecule has 1 unspecified atom stereocenters. The van der Waals surface area contributed by atoms with E-state index >= 15 is 0 Å². The highest BCUT2D eigenvalue weighted by atomic mass is 19.2. The fourth-order valence-corrected chi connectivity index (χ4v) is 2.65. The number of aromatic nitrogens is 2. The molecule has 0 aliphatic carbocycles. The second-order valence-corrected chi connectivity index (χ2v) is 5.34. The molecule has 0 saturated carbocycles. The van der Waals surface area contributed by atoms with Crippen LogP contribution in [0.2, 0.25) is 0 Å². The predicted molar refractivity (Wildman–Crippen MR) is 71.7 cm³/mol. The molecular formula is C14H13F2N3O2. The number of fused-ring (bicyclic) bond motifs is 1. The zero-order valence-electron chi connectivity index (χ0n) is 11.3. The molecule has 1 atom stereocenters. The Morgan fingerprint density at radius 1 is 1.33 bits per heavy atom. The summed E-state index contributed by atoms with van der Waals surface area (Å²) in [6.45, 7) is 0.596. The zero-order chi connectivity index (χ0) is 15.1. The Labute approximate surface area is 118 Å². The van der Waals surface area contributed by atoms with Gasteiger partial charge in [0.2, 0.25) is 5.91 Å². The lowest BCUT2D eigenvalue weighted by Crippen LogP contribution is -2.20. The third-order valence-electron chi connectivity index (χ3n) is 3.70. The standard InChI is InChI=1S/C14H13F2N3O2/c1-19-6-7(3-13(19)20)2-12-17-11-5-10(16)9(15)4-8(11)14(21)18-12/h4-5,7H,2-3,6H2,1H3,(H,17,18,21).